The number of aromatic nitrogens is 2. The maximum atomic E-state index is 10.9. The highest BCUT2D eigenvalue weighted by Crippen LogP contribution is 2.02. The van der Waals surface area contributed by atoms with Gasteiger partial charge in [-0.1, -0.05) is 0 Å². The molecule has 0 radical (unpaired) electrons. The van der Waals surface area contributed by atoms with Crippen molar-refractivity contribution in [2.45, 2.75) is 18.6 Å². The van der Waals surface area contributed by atoms with Crippen LogP contribution < -0.4 is 5.14 Å². The minimum Gasteiger partial charge on any atom is -0.261 e. The molecule has 0 spiro atoms. The molecule has 1 rings (SSSR count). The number of primary sulfonamides is 1. The molecule has 0 saturated heterocycles. The molecular formula is C7H11N3O2S. The zero-order chi connectivity index (χ0) is 9.90. The second kappa shape index (κ2) is 3.80. The van der Waals surface area contributed by atoms with Gasteiger partial charge in [0.2, 0.25) is 10.0 Å². The summed E-state index contributed by atoms with van der Waals surface area (Å²) in [7, 11) is -3.47. The minimum atomic E-state index is -3.47. The SMILES string of the molecule is CC(Cc1cnccn1)S(N)(=O)=O. The van der Waals surface area contributed by atoms with Crippen LogP contribution in [0.25, 0.3) is 0 Å². The van der Waals surface area contributed by atoms with Crippen LogP contribution in [0.15, 0.2) is 18.6 Å². The van der Waals surface area contributed by atoms with E-state index in [1.54, 1.807) is 6.92 Å². The largest absolute Gasteiger partial charge is 0.261 e. The zero-order valence-electron chi connectivity index (χ0n) is 7.21. The Balaban J connectivity index is 2.72. The van der Waals surface area contributed by atoms with Crippen molar-refractivity contribution >= 4 is 10.0 Å². The van der Waals surface area contributed by atoms with E-state index < -0.39 is 15.3 Å². The van der Waals surface area contributed by atoms with E-state index in [-0.39, 0.29) is 0 Å². The molecule has 0 fully saturated rings. The molecule has 0 saturated carbocycles. The molecule has 1 unspecified atom stereocenters. The summed E-state index contributed by atoms with van der Waals surface area (Å²) in [6, 6.07) is 0. The quantitative estimate of drug-likeness (QED) is 0.727. The number of hydrogen-bond donors (Lipinski definition) is 1. The molecule has 1 aromatic heterocycles. The highest BCUT2D eigenvalue weighted by atomic mass is 32.2. The van der Waals surface area contributed by atoms with Crippen LogP contribution in [-0.4, -0.2) is 23.6 Å². The van der Waals surface area contributed by atoms with Gasteiger partial charge in [-0.15, -0.1) is 0 Å². The second-order valence-electron chi connectivity index (χ2n) is 2.80. The predicted octanol–water partition coefficient (Wildman–Crippen LogP) is -0.304. The molecule has 72 valence electrons. The predicted molar refractivity (Wildman–Crippen MR) is 48.3 cm³/mol. The molecular weight excluding hydrogens is 190 g/mol. The van der Waals surface area contributed by atoms with E-state index in [0.717, 1.165) is 0 Å². The molecule has 1 heterocycles. The average molecular weight is 201 g/mol. The van der Waals surface area contributed by atoms with E-state index in [4.69, 9.17) is 5.14 Å². The highest BCUT2D eigenvalue weighted by Gasteiger charge is 2.16. The first-order chi connectivity index (χ1) is 6.00. The number of nitrogens with two attached hydrogens (primary N) is 1. The van der Waals surface area contributed by atoms with Gasteiger partial charge in [0.05, 0.1) is 10.9 Å². The molecule has 1 atom stereocenters. The monoisotopic (exact) mass is 201 g/mol. The van der Waals surface area contributed by atoms with Gasteiger partial charge < -0.3 is 0 Å². The molecule has 2 N–H and O–H groups in total. The van der Waals surface area contributed by atoms with E-state index in [2.05, 4.69) is 9.97 Å². The van der Waals surface area contributed by atoms with E-state index in [9.17, 15) is 8.42 Å². The van der Waals surface area contributed by atoms with E-state index in [0.29, 0.717) is 12.1 Å². The van der Waals surface area contributed by atoms with Crippen molar-refractivity contribution < 1.29 is 8.42 Å². The zero-order valence-corrected chi connectivity index (χ0v) is 8.03. The van der Waals surface area contributed by atoms with Gasteiger partial charge in [-0.05, 0) is 6.92 Å². The van der Waals surface area contributed by atoms with Crippen LogP contribution in [0.5, 0.6) is 0 Å². The van der Waals surface area contributed by atoms with Gasteiger partial charge in [-0.2, -0.15) is 0 Å². The summed E-state index contributed by atoms with van der Waals surface area (Å²) >= 11 is 0. The molecule has 0 aliphatic heterocycles. The van der Waals surface area contributed by atoms with Gasteiger partial charge >= 0.3 is 0 Å². The third-order valence-electron chi connectivity index (χ3n) is 1.67. The lowest BCUT2D eigenvalue weighted by Gasteiger charge is -2.06. The fourth-order valence-electron chi connectivity index (χ4n) is 0.846. The molecule has 5 nitrogen and oxygen atoms in total. The number of hydrogen-bond acceptors (Lipinski definition) is 4. The van der Waals surface area contributed by atoms with Crippen molar-refractivity contribution in [1.82, 2.24) is 9.97 Å². The second-order valence-corrected chi connectivity index (χ2v) is 4.78. The maximum absolute atomic E-state index is 10.9. The van der Waals surface area contributed by atoms with E-state index >= 15 is 0 Å². The fraction of sp³-hybridized carbons (Fsp3) is 0.429. The van der Waals surface area contributed by atoms with Gasteiger partial charge in [0.1, 0.15) is 0 Å². The lowest BCUT2D eigenvalue weighted by atomic mass is 10.2. The Morgan fingerprint density at radius 3 is 2.69 bits per heavy atom. The lowest BCUT2D eigenvalue weighted by molar-refractivity contribution is 0.583. The Kier molecular flexibility index (Phi) is 2.94. The van der Waals surface area contributed by atoms with Crippen molar-refractivity contribution in [2.75, 3.05) is 0 Å². The summed E-state index contributed by atoms with van der Waals surface area (Å²) in [6.45, 7) is 1.55. The van der Waals surface area contributed by atoms with Crippen LogP contribution in [-0.2, 0) is 16.4 Å². The maximum Gasteiger partial charge on any atom is 0.212 e. The lowest BCUT2D eigenvalue weighted by Crippen LogP contribution is -2.27. The standard InChI is InChI=1S/C7H11N3O2S/c1-6(13(8,11)12)4-7-5-9-2-3-10-7/h2-3,5-6H,4H2,1H3,(H2,8,11,12). The Hall–Kier alpha value is -1.01. The average Bonchev–Trinajstić information content (AvgIpc) is 2.04. The highest BCUT2D eigenvalue weighted by molar-refractivity contribution is 7.89. The van der Waals surface area contributed by atoms with Gasteiger partial charge in [-0.25, -0.2) is 13.6 Å². The molecule has 6 heteroatoms. The van der Waals surface area contributed by atoms with Crippen LogP contribution in [0.4, 0.5) is 0 Å². The Morgan fingerprint density at radius 1 is 1.54 bits per heavy atom. The smallest absolute Gasteiger partial charge is 0.212 e. The summed E-state index contributed by atoms with van der Waals surface area (Å²) in [4.78, 5) is 7.77. The molecule has 0 amide bonds. The van der Waals surface area contributed by atoms with Crippen LogP contribution >= 0.6 is 0 Å². The first-order valence-corrected chi connectivity index (χ1v) is 5.37. The first-order valence-electron chi connectivity index (χ1n) is 3.76. The normalized spacial score (nSPS) is 14.0. The topological polar surface area (TPSA) is 85.9 Å². The van der Waals surface area contributed by atoms with Gasteiger partial charge in [0, 0.05) is 25.0 Å². The third-order valence-corrected chi connectivity index (χ3v) is 2.96. The minimum absolute atomic E-state index is 0.298. The molecule has 13 heavy (non-hydrogen) atoms. The van der Waals surface area contributed by atoms with Crippen molar-refractivity contribution in [3.05, 3.63) is 24.3 Å². The van der Waals surface area contributed by atoms with Gasteiger partial charge in [0.15, 0.2) is 0 Å². The van der Waals surface area contributed by atoms with Crippen LogP contribution in [0, 0.1) is 0 Å². The summed E-state index contributed by atoms with van der Waals surface area (Å²) < 4.78 is 21.7. The van der Waals surface area contributed by atoms with Crippen LogP contribution in [0.2, 0.25) is 0 Å². The molecule has 0 aromatic carbocycles. The summed E-state index contributed by atoms with van der Waals surface area (Å²) in [5.74, 6) is 0. The Bertz CT molecular complexity index is 363. The Labute approximate surface area is 77.1 Å². The summed E-state index contributed by atoms with van der Waals surface area (Å²) in [5, 5.41) is 4.33. The van der Waals surface area contributed by atoms with Crippen molar-refractivity contribution in [3.8, 4) is 0 Å². The van der Waals surface area contributed by atoms with Gasteiger partial charge in [-0.3, -0.25) is 9.97 Å². The Morgan fingerprint density at radius 2 is 2.23 bits per heavy atom. The van der Waals surface area contributed by atoms with Crippen molar-refractivity contribution in [2.24, 2.45) is 5.14 Å². The summed E-state index contributed by atoms with van der Waals surface area (Å²) in [6.07, 6.45) is 4.88. The fourth-order valence-corrected chi connectivity index (χ4v) is 1.25. The van der Waals surface area contributed by atoms with Crippen molar-refractivity contribution in [3.63, 3.8) is 0 Å². The molecule has 0 bridgehead atoms. The number of rotatable bonds is 3. The molecule has 1 aromatic rings. The van der Waals surface area contributed by atoms with Crippen molar-refractivity contribution in [1.29, 1.82) is 0 Å². The molecule has 0 aliphatic rings. The van der Waals surface area contributed by atoms with Crippen LogP contribution in [0.3, 0.4) is 0 Å². The van der Waals surface area contributed by atoms with E-state index in [1.165, 1.54) is 18.6 Å². The first kappa shape index (κ1) is 10.1. The number of sulfonamides is 1. The number of nitrogens with zero attached hydrogens (tertiary/aromatic N) is 2. The molecule has 0 aliphatic carbocycles. The van der Waals surface area contributed by atoms with Crippen LogP contribution in [0.1, 0.15) is 12.6 Å². The third kappa shape index (κ3) is 3.08. The summed E-state index contributed by atoms with van der Waals surface area (Å²) in [5.41, 5.74) is 0.629. The van der Waals surface area contributed by atoms with E-state index in [1.807, 2.05) is 0 Å². The van der Waals surface area contributed by atoms with Gasteiger partial charge in [0.25, 0.3) is 0 Å².